The van der Waals surface area contributed by atoms with E-state index in [0.717, 1.165) is 29.5 Å². The van der Waals surface area contributed by atoms with Crippen molar-refractivity contribution in [3.05, 3.63) is 65.4 Å². The van der Waals surface area contributed by atoms with Gasteiger partial charge in [0.15, 0.2) is 11.6 Å². The minimum absolute atomic E-state index is 0.101. The lowest BCUT2D eigenvalue weighted by molar-refractivity contribution is -0.138. The molecule has 2 atom stereocenters. The van der Waals surface area contributed by atoms with E-state index in [4.69, 9.17) is 0 Å². The lowest BCUT2D eigenvalue weighted by atomic mass is 9.89. The lowest BCUT2D eigenvalue weighted by Crippen LogP contribution is -2.51. The maximum Gasteiger partial charge on any atom is 0.417 e. The first-order chi connectivity index (χ1) is 16.5. The minimum atomic E-state index is -4.67. The zero-order valence-electron chi connectivity index (χ0n) is 19.7. The van der Waals surface area contributed by atoms with Crippen LogP contribution in [0.15, 0.2) is 42.9 Å². The number of hydrogen-bond acceptors (Lipinski definition) is 4. The van der Waals surface area contributed by atoms with Gasteiger partial charge in [-0.15, -0.1) is 0 Å². The van der Waals surface area contributed by atoms with Crippen molar-refractivity contribution >= 4 is 11.7 Å². The predicted octanol–water partition coefficient (Wildman–Crippen LogP) is 5.30. The highest BCUT2D eigenvalue weighted by atomic mass is 19.4. The fourth-order valence-electron chi connectivity index (χ4n) is 4.54. The van der Waals surface area contributed by atoms with Crippen LogP contribution in [0.3, 0.4) is 0 Å². The van der Waals surface area contributed by atoms with Gasteiger partial charge in [-0.2, -0.15) is 18.3 Å². The van der Waals surface area contributed by atoms with E-state index < -0.39 is 17.6 Å². The molecule has 4 rings (SSSR count). The number of nitrogens with one attached hydrogen (secondary N) is 1. The number of rotatable bonds is 5. The van der Waals surface area contributed by atoms with Crippen LogP contribution in [0.1, 0.15) is 41.3 Å². The highest BCUT2D eigenvalue weighted by molar-refractivity contribution is 6.01. The first-order valence-corrected chi connectivity index (χ1v) is 11.4. The van der Waals surface area contributed by atoms with E-state index in [2.05, 4.69) is 15.4 Å². The highest BCUT2D eigenvalue weighted by Gasteiger charge is 2.34. The Morgan fingerprint density at radius 1 is 1.23 bits per heavy atom. The number of amides is 1. The molecule has 0 radical (unpaired) electrons. The van der Waals surface area contributed by atoms with Crippen molar-refractivity contribution in [1.29, 1.82) is 0 Å². The topological polar surface area (TPSA) is 63.1 Å². The van der Waals surface area contributed by atoms with Crippen LogP contribution in [0, 0.1) is 18.7 Å². The van der Waals surface area contributed by atoms with Gasteiger partial charge in [-0.1, -0.05) is 24.6 Å². The first-order valence-electron chi connectivity index (χ1n) is 11.4. The second-order valence-electron chi connectivity index (χ2n) is 9.07. The van der Waals surface area contributed by atoms with E-state index in [1.54, 1.807) is 15.8 Å². The summed E-state index contributed by atoms with van der Waals surface area (Å²) < 4.78 is 54.5. The van der Waals surface area contributed by atoms with Gasteiger partial charge in [0.05, 0.1) is 17.8 Å². The van der Waals surface area contributed by atoms with Gasteiger partial charge in [-0.25, -0.2) is 9.37 Å². The standard InChI is InChI=1S/C25H27F4N5O/c1-15-6-7-19(17-11-32-33(3)14-17)20(9-15)24(35)34-8-4-5-16(2)22(34)13-31-23-21(26)10-18(12-30-23)25(27,28)29/h6-7,9-12,14,16,22H,4-5,8,13H2,1-3H3,(H,30,31). The summed E-state index contributed by atoms with van der Waals surface area (Å²) in [6.07, 6.45) is 1.18. The molecule has 3 aromatic rings. The Morgan fingerprint density at radius 3 is 2.66 bits per heavy atom. The van der Waals surface area contributed by atoms with Crippen LogP contribution in [0.4, 0.5) is 23.4 Å². The monoisotopic (exact) mass is 489 g/mol. The predicted molar refractivity (Wildman–Crippen MR) is 124 cm³/mol. The van der Waals surface area contributed by atoms with Crippen LogP contribution in [-0.4, -0.2) is 44.7 Å². The molecule has 1 saturated heterocycles. The number of alkyl halides is 3. The third-order valence-corrected chi connectivity index (χ3v) is 6.45. The molecular formula is C25H27F4N5O. The third kappa shape index (κ3) is 5.31. The normalized spacial score (nSPS) is 18.5. The quantitative estimate of drug-likeness (QED) is 0.494. The second kappa shape index (κ2) is 9.67. The minimum Gasteiger partial charge on any atom is -0.366 e. The summed E-state index contributed by atoms with van der Waals surface area (Å²) in [5.41, 5.74) is 1.94. The molecule has 2 unspecified atom stereocenters. The van der Waals surface area contributed by atoms with Crippen molar-refractivity contribution in [1.82, 2.24) is 19.7 Å². The molecule has 0 spiro atoms. The van der Waals surface area contributed by atoms with Gasteiger partial charge in [0.25, 0.3) is 5.91 Å². The number of anilines is 1. The highest BCUT2D eigenvalue weighted by Crippen LogP contribution is 2.32. The molecule has 6 nitrogen and oxygen atoms in total. The Bertz CT molecular complexity index is 1220. The molecule has 1 amide bonds. The van der Waals surface area contributed by atoms with E-state index in [1.165, 1.54) is 0 Å². The van der Waals surface area contributed by atoms with E-state index in [-0.39, 0.29) is 30.2 Å². The van der Waals surface area contributed by atoms with Crippen molar-refractivity contribution in [2.24, 2.45) is 13.0 Å². The molecule has 1 aliphatic rings. The molecule has 35 heavy (non-hydrogen) atoms. The van der Waals surface area contributed by atoms with Gasteiger partial charge < -0.3 is 10.2 Å². The molecule has 186 valence electrons. The summed E-state index contributed by atoms with van der Waals surface area (Å²) in [6, 6.07) is 5.83. The summed E-state index contributed by atoms with van der Waals surface area (Å²) in [5.74, 6) is -1.40. The maximum absolute atomic E-state index is 14.3. The SMILES string of the molecule is Cc1ccc(-c2cnn(C)c2)c(C(=O)N2CCCC(C)C2CNc2ncc(C(F)(F)F)cc2F)c1. The molecule has 1 aliphatic heterocycles. The zero-order valence-corrected chi connectivity index (χ0v) is 19.7. The van der Waals surface area contributed by atoms with E-state index >= 15 is 0 Å². The molecule has 1 N–H and O–H groups in total. The van der Waals surface area contributed by atoms with Gasteiger partial charge in [0.1, 0.15) is 0 Å². The summed E-state index contributed by atoms with van der Waals surface area (Å²) in [5, 5.41) is 7.05. The third-order valence-electron chi connectivity index (χ3n) is 6.45. The van der Waals surface area contributed by atoms with Crippen LogP contribution >= 0.6 is 0 Å². The van der Waals surface area contributed by atoms with Crippen molar-refractivity contribution in [3.8, 4) is 11.1 Å². The van der Waals surface area contributed by atoms with Gasteiger partial charge in [-0.3, -0.25) is 9.48 Å². The van der Waals surface area contributed by atoms with Crippen molar-refractivity contribution in [2.45, 2.75) is 38.9 Å². The largest absolute Gasteiger partial charge is 0.417 e. The molecule has 1 fully saturated rings. The smallest absolute Gasteiger partial charge is 0.366 e. The molecule has 1 aromatic carbocycles. The number of carbonyl (C=O) groups excluding carboxylic acids is 1. The lowest BCUT2D eigenvalue weighted by Gasteiger charge is -2.40. The van der Waals surface area contributed by atoms with Crippen LogP contribution < -0.4 is 5.32 Å². The van der Waals surface area contributed by atoms with Gasteiger partial charge >= 0.3 is 6.18 Å². The Morgan fingerprint density at radius 2 is 2.00 bits per heavy atom. The van der Waals surface area contributed by atoms with Gasteiger partial charge in [-0.05, 0) is 43.4 Å². The number of carbonyl (C=O) groups is 1. The molecule has 0 aliphatic carbocycles. The number of benzene rings is 1. The number of piperidine rings is 1. The van der Waals surface area contributed by atoms with Gasteiger partial charge in [0, 0.05) is 43.7 Å². The fourth-order valence-corrected chi connectivity index (χ4v) is 4.54. The second-order valence-corrected chi connectivity index (χ2v) is 9.07. The summed E-state index contributed by atoms with van der Waals surface area (Å²) in [6.45, 7) is 4.62. The molecule has 3 heterocycles. The summed E-state index contributed by atoms with van der Waals surface area (Å²) in [7, 11) is 1.81. The summed E-state index contributed by atoms with van der Waals surface area (Å²) in [4.78, 5) is 19.2. The molecule has 0 saturated carbocycles. The number of pyridine rings is 1. The van der Waals surface area contributed by atoms with Crippen LogP contribution in [-0.2, 0) is 13.2 Å². The number of halogens is 4. The van der Waals surface area contributed by atoms with Crippen LogP contribution in [0.5, 0.6) is 0 Å². The maximum atomic E-state index is 14.3. The Kier molecular flexibility index (Phi) is 6.82. The average molecular weight is 490 g/mol. The van der Waals surface area contributed by atoms with Crippen LogP contribution in [0.25, 0.3) is 11.1 Å². The van der Waals surface area contributed by atoms with Crippen molar-refractivity contribution in [2.75, 3.05) is 18.4 Å². The molecule has 10 heteroatoms. The summed E-state index contributed by atoms with van der Waals surface area (Å²) >= 11 is 0. The van der Waals surface area contributed by atoms with Gasteiger partial charge in [0.2, 0.25) is 0 Å². The number of likely N-dealkylation sites (tertiary alicyclic amines) is 1. The molecular weight excluding hydrogens is 462 g/mol. The van der Waals surface area contributed by atoms with Crippen molar-refractivity contribution < 1.29 is 22.4 Å². The molecule has 0 bridgehead atoms. The number of hydrogen-bond donors (Lipinski definition) is 1. The van der Waals surface area contributed by atoms with E-state index in [1.807, 2.05) is 45.3 Å². The Hall–Kier alpha value is -3.43. The Balaban J connectivity index is 1.59. The first kappa shape index (κ1) is 24.7. The zero-order chi connectivity index (χ0) is 25.3. The van der Waals surface area contributed by atoms with Crippen LogP contribution in [0.2, 0.25) is 0 Å². The number of nitrogens with zero attached hydrogens (tertiary/aromatic N) is 4. The average Bonchev–Trinajstić information content (AvgIpc) is 3.23. The van der Waals surface area contributed by atoms with E-state index in [0.29, 0.717) is 24.4 Å². The van der Waals surface area contributed by atoms with Crippen molar-refractivity contribution in [3.63, 3.8) is 0 Å². The molecule has 2 aromatic heterocycles. The number of aromatic nitrogens is 3. The number of aryl methyl sites for hydroxylation is 2. The Labute approximate surface area is 201 Å². The van der Waals surface area contributed by atoms with E-state index in [9.17, 15) is 22.4 Å². The fraction of sp³-hybridized carbons (Fsp3) is 0.400.